The van der Waals surface area contributed by atoms with E-state index < -0.39 is 5.91 Å². The Kier molecular flexibility index (Phi) is 6.53. The lowest BCUT2D eigenvalue weighted by Crippen LogP contribution is -2.40. The van der Waals surface area contributed by atoms with E-state index >= 15 is 0 Å². The number of nitrogens with two attached hydrogens (primary N) is 1. The van der Waals surface area contributed by atoms with Crippen LogP contribution in [0, 0.1) is 6.92 Å². The predicted molar refractivity (Wildman–Crippen MR) is 128 cm³/mol. The fourth-order valence-electron chi connectivity index (χ4n) is 4.04. The molecule has 1 fully saturated rings. The number of carbonyl (C=O) groups is 3. The Morgan fingerprint density at radius 2 is 1.97 bits per heavy atom. The van der Waals surface area contributed by atoms with E-state index in [2.05, 4.69) is 22.0 Å². The van der Waals surface area contributed by atoms with Crippen molar-refractivity contribution >= 4 is 23.5 Å². The van der Waals surface area contributed by atoms with Gasteiger partial charge in [0, 0.05) is 36.6 Å². The number of nitrogens with one attached hydrogen (secondary N) is 1. The molecule has 0 bridgehead atoms. The summed E-state index contributed by atoms with van der Waals surface area (Å²) in [6.45, 7) is 6.62. The highest BCUT2D eigenvalue weighted by atomic mass is 16.2. The molecule has 3 amide bonds. The number of benzene rings is 1. The Labute approximate surface area is 197 Å². The molecule has 0 aliphatic carbocycles. The Bertz CT molecular complexity index is 1250. The van der Waals surface area contributed by atoms with E-state index in [4.69, 9.17) is 5.73 Å². The largest absolute Gasteiger partial charge is 0.365 e. The predicted octanol–water partition coefficient (Wildman–Crippen LogP) is 2.95. The first-order chi connectivity index (χ1) is 16.4. The Hall–Kier alpha value is -4.27. The van der Waals surface area contributed by atoms with Crippen LogP contribution in [0.5, 0.6) is 0 Å². The maximum Gasteiger partial charge on any atom is 0.256 e. The number of aryl methyl sites for hydroxylation is 1. The van der Waals surface area contributed by atoms with Gasteiger partial charge in [0.05, 0.1) is 11.6 Å². The summed E-state index contributed by atoms with van der Waals surface area (Å²) in [7, 11) is 0. The van der Waals surface area contributed by atoms with Crippen LogP contribution in [-0.4, -0.2) is 50.5 Å². The third-order valence-electron chi connectivity index (χ3n) is 5.83. The van der Waals surface area contributed by atoms with Crippen molar-refractivity contribution in [2.24, 2.45) is 5.73 Å². The van der Waals surface area contributed by atoms with Crippen molar-refractivity contribution in [3.05, 3.63) is 78.1 Å². The number of pyridine rings is 1. The fourth-order valence-corrected chi connectivity index (χ4v) is 4.04. The molecule has 9 nitrogen and oxygen atoms in total. The third kappa shape index (κ3) is 4.88. The van der Waals surface area contributed by atoms with Crippen LogP contribution in [0.1, 0.15) is 45.2 Å². The number of carbonyl (C=O) groups excluding carboxylic acids is 3. The van der Waals surface area contributed by atoms with Crippen LogP contribution in [0.25, 0.3) is 11.3 Å². The molecule has 0 radical (unpaired) electrons. The van der Waals surface area contributed by atoms with Crippen LogP contribution in [0.4, 0.5) is 5.82 Å². The van der Waals surface area contributed by atoms with Gasteiger partial charge >= 0.3 is 0 Å². The van der Waals surface area contributed by atoms with Crippen molar-refractivity contribution < 1.29 is 14.4 Å². The van der Waals surface area contributed by atoms with Crippen LogP contribution in [0.3, 0.4) is 0 Å². The first-order valence-electron chi connectivity index (χ1n) is 11.0. The summed E-state index contributed by atoms with van der Waals surface area (Å²) in [4.78, 5) is 42.6. The van der Waals surface area contributed by atoms with Crippen LogP contribution in [0.15, 0.2) is 61.4 Å². The van der Waals surface area contributed by atoms with Gasteiger partial charge in [-0.1, -0.05) is 18.7 Å². The average Bonchev–Trinajstić information content (AvgIpc) is 3.30. The van der Waals surface area contributed by atoms with Crippen molar-refractivity contribution in [1.82, 2.24) is 19.7 Å². The SMILES string of the molecule is C=CC(=O)N1CCCC(n2cc(C(N)=O)c(-c3ccc(C(=O)Nc4cc(C)ccn4)cc3)n2)C1. The Balaban J connectivity index is 1.56. The third-order valence-corrected chi connectivity index (χ3v) is 5.83. The van der Waals surface area contributed by atoms with Crippen molar-refractivity contribution in [2.75, 3.05) is 18.4 Å². The minimum atomic E-state index is -0.594. The van der Waals surface area contributed by atoms with E-state index in [1.165, 1.54) is 6.08 Å². The van der Waals surface area contributed by atoms with Gasteiger partial charge in [-0.3, -0.25) is 19.1 Å². The van der Waals surface area contributed by atoms with E-state index in [-0.39, 0.29) is 23.4 Å². The number of nitrogens with zero attached hydrogens (tertiary/aromatic N) is 4. The highest BCUT2D eigenvalue weighted by Gasteiger charge is 2.26. The second-order valence-corrected chi connectivity index (χ2v) is 8.27. The average molecular weight is 459 g/mol. The fraction of sp³-hybridized carbons (Fsp3) is 0.240. The molecule has 1 aliphatic heterocycles. The van der Waals surface area contributed by atoms with Gasteiger partial charge < -0.3 is 16.0 Å². The molecule has 1 saturated heterocycles. The highest BCUT2D eigenvalue weighted by Crippen LogP contribution is 2.27. The van der Waals surface area contributed by atoms with E-state index in [9.17, 15) is 14.4 Å². The quantitative estimate of drug-likeness (QED) is 0.550. The maximum absolute atomic E-state index is 12.6. The molecular weight excluding hydrogens is 432 g/mol. The molecule has 34 heavy (non-hydrogen) atoms. The summed E-state index contributed by atoms with van der Waals surface area (Å²) in [5.41, 5.74) is 8.44. The first-order valence-corrected chi connectivity index (χ1v) is 11.0. The molecule has 2 aromatic heterocycles. The maximum atomic E-state index is 12.6. The standard InChI is InChI=1S/C25H26N6O3/c1-3-22(32)30-12-4-5-19(14-30)31-15-20(24(26)33)23(29-31)17-6-8-18(9-7-17)25(34)28-21-13-16(2)10-11-27-21/h3,6-11,13,15,19H,1,4-5,12,14H2,2H3,(H2,26,33)(H,27,28,34). The second-order valence-electron chi connectivity index (χ2n) is 8.27. The zero-order valence-corrected chi connectivity index (χ0v) is 18.9. The second kappa shape index (κ2) is 9.70. The number of anilines is 1. The molecule has 3 aromatic rings. The molecule has 9 heteroatoms. The lowest BCUT2D eigenvalue weighted by molar-refractivity contribution is -0.127. The number of hydrogen-bond donors (Lipinski definition) is 2. The highest BCUT2D eigenvalue weighted by molar-refractivity contribution is 6.04. The smallest absolute Gasteiger partial charge is 0.256 e. The number of primary amides is 1. The molecule has 1 aliphatic rings. The molecule has 3 heterocycles. The first kappa shape index (κ1) is 22.9. The number of likely N-dealkylation sites (tertiary alicyclic amines) is 1. The lowest BCUT2D eigenvalue weighted by Gasteiger charge is -2.32. The molecule has 3 N–H and O–H groups in total. The van der Waals surface area contributed by atoms with Gasteiger partial charge in [0.15, 0.2) is 0 Å². The minimum Gasteiger partial charge on any atom is -0.365 e. The minimum absolute atomic E-state index is 0.0728. The van der Waals surface area contributed by atoms with Gasteiger partial charge in [0.2, 0.25) is 5.91 Å². The molecule has 174 valence electrons. The van der Waals surface area contributed by atoms with E-state index in [1.54, 1.807) is 52.3 Å². The van der Waals surface area contributed by atoms with Crippen molar-refractivity contribution in [1.29, 1.82) is 0 Å². The normalized spacial score (nSPS) is 15.6. The summed E-state index contributed by atoms with van der Waals surface area (Å²) in [6.07, 6.45) is 6.22. The molecule has 4 rings (SSSR count). The summed E-state index contributed by atoms with van der Waals surface area (Å²) < 4.78 is 1.71. The number of piperidine rings is 1. The monoisotopic (exact) mass is 458 g/mol. The summed E-state index contributed by atoms with van der Waals surface area (Å²) in [6, 6.07) is 10.3. The molecule has 0 spiro atoms. The van der Waals surface area contributed by atoms with E-state index in [0.717, 1.165) is 18.4 Å². The van der Waals surface area contributed by atoms with Crippen molar-refractivity contribution in [3.63, 3.8) is 0 Å². The van der Waals surface area contributed by atoms with Crippen molar-refractivity contribution in [2.45, 2.75) is 25.8 Å². The Morgan fingerprint density at radius 3 is 2.65 bits per heavy atom. The molecule has 0 saturated carbocycles. The van der Waals surface area contributed by atoms with Gasteiger partial charge in [-0.05, 0) is 55.7 Å². The van der Waals surface area contributed by atoms with Crippen molar-refractivity contribution in [3.8, 4) is 11.3 Å². The van der Waals surface area contributed by atoms with Gasteiger partial charge in [-0.25, -0.2) is 4.98 Å². The number of amides is 3. The summed E-state index contributed by atoms with van der Waals surface area (Å²) in [5.74, 6) is -0.537. The molecule has 1 unspecified atom stereocenters. The van der Waals surface area contributed by atoms with Crippen LogP contribution < -0.4 is 11.1 Å². The van der Waals surface area contributed by atoms with Gasteiger partial charge in [0.25, 0.3) is 11.8 Å². The number of hydrogen-bond acceptors (Lipinski definition) is 5. The van der Waals surface area contributed by atoms with Crippen LogP contribution >= 0.6 is 0 Å². The van der Waals surface area contributed by atoms with Gasteiger partial charge in [0.1, 0.15) is 11.5 Å². The molecular formula is C25H26N6O3. The topological polar surface area (TPSA) is 123 Å². The zero-order valence-electron chi connectivity index (χ0n) is 18.9. The van der Waals surface area contributed by atoms with Crippen LogP contribution in [0.2, 0.25) is 0 Å². The number of aromatic nitrogens is 3. The summed E-state index contributed by atoms with van der Waals surface area (Å²) >= 11 is 0. The van der Waals surface area contributed by atoms with Crippen LogP contribution in [-0.2, 0) is 4.79 Å². The molecule has 1 aromatic carbocycles. The van der Waals surface area contributed by atoms with E-state index in [0.29, 0.717) is 35.7 Å². The van der Waals surface area contributed by atoms with Gasteiger partial charge in [-0.15, -0.1) is 0 Å². The summed E-state index contributed by atoms with van der Waals surface area (Å²) in [5, 5.41) is 7.41. The van der Waals surface area contributed by atoms with Gasteiger partial charge in [-0.2, -0.15) is 5.10 Å². The van der Waals surface area contributed by atoms with E-state index in [1.807, 2.05) is 13.0 Å². The Morgan fingerprint density at radius 1 is 1.21 bits per heavy atom. The number of rotatable bonds is 6. The zero-order chi connectivity index (χ0) is 24.2. The lowest BCUT2D eigenvalue weighted by atomic mass is 10.1. The molecule has 1 atom stereocenters.